The fraction of sp³-hybridized carbons (Fsp3) is 0.316. The molecule has 7 nitrogen and oxygen atoms in total. The average molecular weight is 436 g/mol. The monoisotopic (exact) mass is 436 g/mol. The Morgan fingerprint density at radius 1 is 1.27 bits per heavy atom. The number of fused-ring (bicyclic) bond motifs is 1. The summed E-state index contributed by atoms with van der Waals surface area (Å²) in [5.74, 6) is -5.47. The third kappa shape index (κ3) is 3.90. The number of thiazole rings is 1. The van der Waals surface area contributed by atoms with E-state index in [9.17, 15) is 18.0 Å². The van der Waals surface area contributed by atoms with Gasteiger partial charge in [0.2, 0.25) is 0 Å². The Labute approximate surface area is 173 Å². The number of pyridine rings is 1. The first-order chi connectivity index (χ1) is 14.2. The molecule has 2 aromatic heterocycles. The van der Waals surface area contributed by atoms with Gasteiger partial charge in [-0.15, -0.1) is 11.3 Å². The number of hydrogen-bond donors (Lipinski definition) is 4. The number of benzene rings is 1. The molecular weight excluding hydrogens is 417 g/mol. The number of amides is 1. The summed E-state index contributed by atoms with van der Waals surface area (Å²) < 4.78 is 44.1. The number of nitrogens with two attached hydrogens (primary N) is 2. The maximum atomic E-state index is 14.6. The van der Waals surface area contributed by atoms with Gasteiger partial charge in [-0.1, -0.05) is 0 Å². The van der Waals surface area contributed by atoms with E-state index in [0.29, 0.717) is 12.1 Å². The number of halogens is 3. The number of anilines is 3. The van der Waals surface area contributed by atoms with Gasteiger partial charge in [-0.05, 0) is 37.1 Å². The molecule has 1 aliphatic rings. The highest BCUT2D eigenvalue weighted by atomic mass is 32.1. The summed E-state index contributed by atoms with van der Waals surface area (Å²) in [5, 5.41) is 5.36. The standard InChI is InChI=1S/C19H19F3N6OS/c20-11-7-10(16(24)29)17(26-9-3-4-13-14(6-9)30-8-25-13)28-18(11)27-15-12(23)2-1-5-19(15,21)22/h3-4,6-8,12,15H,1-2,5,23H2,(H2,24,29)(H2,26,27,28)/t12-,15-/m0/s1. The predicted molar refractivity (Wildman–Crippen MR) is 110 cm³/mol. The van der Waals surface area contributed by atoms with E-state index >= 15 is 0 Å². The van der Waals surface area contributed by atoms with Crippen LogP contribution in [0.5, 0.6) is 0 Å². The fourth-order valence-electron chi connectivity index (χ4n) is 3.51. The van der Waals surface area contributed by atoms with E-state index in [4.69, 9.17) is 11.5 Å². The topological polar surface area (TPSA) is 119 Å². The molecule has 1 aromatic carbocycles. The zero-order chi connectivity index (χ0) is 21.5. The number of aromatic nitrogens is 2. The van der Waals surface area contributed by atoms with E-state index in [-0.39, 0.29) is 24.2 Å². The fourth-order valence-corrected chi connectivity index (χ4v) is 4.23. The van der Waals surface area contributed by atoms with E-state index in [2.05, 4.69) is 20.6 Å². The Balaban J connectivity index is 1.69. The van der Waals surface area contributed by atoms with Crippen LogP contribution in [0.2, 0.25) is 0 Å². The van der Waals surface area contributed by atoms with Crippen molar-refractivity contribution < 1.29 is 18.0 Å². The molecule has 0 unspecified atom stereocenters. The number of rotatable bonds is 5. The number of hydrogen-bond acceptors (Lipinski definition) is 7. The maximum Gasteiger partial charge on any atom is 0.269 e. The van der Waals surface area contributed by atoms with Crippen molar-refractivity contribution >= 4 is 44.8 Å². The van der Waals surface area contributed by atoms with E-state index in [0.717, 1.165) is 16.3 Å². The minimum Gasteiger partial charge on any atom is -0.365 e. The quantitative estimate of drug-likeness (QED) is 0.485. The zero-order valence-electron chi connectivity index (χ0n) is 15.7. The van der Waals surface area contributed by atoms with Crippen LogP contribution in [0.25, 0.3) is 10.2 Å². The number of primary amides is 1. The first-order valence-corrected chi connectivity index (χ1v) is 10.1. The van der Waals surface area contributed by atoms with Gasteiger partial charge in [-0.3, -0.25) is 4.79 Å². The first-order valence-electron chi connectivity index (χ1n) is 9.25. The lowest BCUT2D eigenvalue weighted by atomic mass is 9.87. The van der Waals surface area contributed by atoms with E-state index in [1.807, 2.05) is 0 Å². The van der Waals surface area contributed by atoms with Crippen LogP contribution < -0.4 is 22.1 Å². The number of carbonyl (C=O) groups is 1. The summed E-state index contributed by atoms with van der Waals surface area (Å²) in [7, 11) is 0. The van der Waals surface area contributed by atoms with Gasteiger partial charge in [0.1, 0.15) is 11.9 Å². The van der Waals surface area contributed by atoms with Crippen molar-refractivity contribution in [3.8, 4) is 0 Å². The lowest BCUT2D eigenvalue weighted by Crippen LogP contribution is -2.55. The van der Waals surface area contributed by atoms with Gasteiger partial charge < -0.3 is 22.1 Å². The number of alkyl halides is 2. The molecule has 4 rings (SSSR count). The van der Waals surface area contributed by atoms with Gasteiger partial charge in [0, 0.05) is 18.2 Å². The molecule has 6 N–H and O–H groups in total. The van der Waals surface area contributed by atoms with Gasteiger partial charge >= 0.3 is 0 Å². The van der Waals surface area contributed by atoms with Crippen LogP contribution in [0.4, 0.5) is 30.5 Å². The molecular formula is C19H19F3N6OS. The third-order valence-corrected chi connectivity index (χ3v) is 5.85. The smallest absolute Gasteiger partial charge is 0.269 e. The van der Waals surface area contributed by atoms with E-state index < -0.39 is 35.5 Å². The van der Waals surface area contributed by atoms with Crippen LogP contribution >= 0.6 is 11.3 Å². The SMILES string of the molecule is NC(=O)c1cc(F)c(N[C@H]2[C@@H](N)CCCC2(F)F)nc1Nc1ccc2ncsc2c1. The highest BCUT2D eigenvalue weighted by Crippen LogP contribution is 2.36. The van der Waals surface area contributed by atoms with Crippen LogP contribution in [0.3, 0.4) is 0 Å². The molecule has 11 heteroatoms. The Hall–Kier alpha value is -2.92. The second-order valence-corrected chi connectivity index (χ2v) is 8.06. The Morgan fingerprint density at radius 3 is 2.80 bits per heavy atom. The van der Waals surface area contributed by atoms with Crippen molar-refractivity contribution in [1.29, 1.82) is 0 Å². The number of nitrogens with one attached hydrogen (secondary N) is 2. The molecule has 2 heterocycles. The molecule has 1 amide bonds. The maximum absolute atomic E-state index is 14.6. The van der Waals surface area contributed by atoms with Gasteiger partial charge in [-0.2, -0.15) is 0 Å². The van der Waals surface area contributed by atoms with Gasteiger partial charge in [0.25, 0.3) is 11.8 Å². The molecule has 158 valence electrons. The second-order valence-electron chi connectivity index (χ2n) is 7.18. The van der Waals surface area contributed by atoms with Crippen LogP contribution in [0.15, 0.2) is 29.8 Å². The highest BCUT2D eigenvalue weighted by molar-refractivity contribution is 7.16. The third-order valence-electron chi connectivity index (χ3n) is 5.06. The number of carbonyl (C=O) groups excluding carboxylic acids is 1. The minimum absolute atomic E-state index is 0.0528. The summed E-state index contributed by atoms with van der Waals surface area (Å²) in [6, 6.07) is 3.78. The van der Waals surface area contributed by atoms with Crippen molar-refractivity contribution in [2.75, 3.05) is 10.6 Å². The van der Waals surface area contributed by atoms with Crippen LogP contribution in [0, 0.1) is 5.82 Å². The van der Waals surface area contributed by atoms with Gasteiger partial charge in [-0.25, -0.2) is 23.1 Å². The lowest BCUT2D eigenvalue weighted by Gasteiger charge is -2.36. The molecule has 1 aliphatic carbocycles. The molecule has 0 saturated heterocycles. The van der Waals surface area contributed by atoms with E-state index in [1.54, 1.807) is 23.7 Å². The molecule has 0 spiro atoms. The second kappa shape index (κ2) is 7.73. The van der Waals surface area contributed by atoms with Crippen molar-refractivity contribution in [3.05, 3.63) is 41.2 Å². The van der Waals surface area contributed by atoms with Gasteiger partial charge in [0.05, 0.1) is 21.3 Å². The Kier molecular flexibility index (Phi) is 5.24. The lowest BCUT2D eigenvalue weighted by molar-refractivity contribution is -0.0512. The van der Waals surface area contributed by atoms with Crippen molar-refractivity contribution in [2.45, 2.75) is 37.3 Å². The highest BCUT2D eigenvalue weighted by Gasteiger charge is 2.46. The van der Waals surface area contributed by atoms with E-state index in [1.165, 1.54) is 11.3 Å². The molecule has 2 atom stereocenters. The van der Waals surface area contributed by atoms with Gasteiger partial charge in [0.15, 0.2) is 11.6 Å². The summed E-state index contributed by atoms with van der Waals surface area (Å²) in [4.78, 5) is 20.0. The zero-order valence-corrected chi connectivity index (χ0v) is 16.5. The van der Waals surface area contributed by atoms with Crippen molar-refractivity contribution in [2.24, 2.45) is 11.5 Å². The first kappa shape index (κ1) is 20.4. The molecule has 3 aromatic rings. The molecule has 30 heavy (non-hydrogen) atoms. The number of nitrogens with zero attached hydrogens (tertiary/aromatic N) is 2. The van der Waals surface area contributed by atoms with Crippen LogP contribution in [-0.4, -0.2) is 33.9 Å². The van der Waals surface area contributed by atoms with Crippen molar-refractivity contribution in [3.63, 3.8) is 0 Å². The molecule has 1 fully saturated rings. The van der Waals surface area contributed by atoms with Crippen LogP contribution in [0.1, 0.15) is 29.6 Å². The largest absolute Gasteiger partial charge is 0.365 e. The summed E-state index contributed by atoms with van der Waals surface area (Å²) in [5.41, 5.74) is 14.0. The minimum atomic E-state index is -3.11. The predicted octanol–water partition coefficient (Wildman–Crippen LogP) is 3.60. The average Bonchev–Trinajstić information content (AvgIpc) is 3.14. The Bertz CT molecular complexity index is 1110. The Morgan fingerprint density at radius 2 is 2.07 bits per heavy atom. The van der Waals surface area contributed by atoms with Crippen LogP contribution in [-0.2, 0) is 0 Å². The summed E-state index contributed by atoms with van der Waals surface area (Å²) in [6.45, 7) is 0. The normalized spacial score (nSPS) is 20.8. The molecule has 0 radical (unpaired) electrons. The molecule has 0 bridgehead atoms. The molecule has 1 saturated carbocycles. The summed E-state index contributed by atoms with van der Waals surface area (Å²) >= 11 is 1.42. The summed E-state index contributed by atoms with van der Waals surface area (Å²) in [6.07, 6.45) is 0.323. The van der Waals surface area contributed by atoms with Crippen molar-refractivity contribution in [1.82, 2.24) is 9.97 Å². The molecule has 0 aliphatic heterocycles.